The molecule has 0 atom stereocenters. The minimum Gasteiger partial charge on any atom is -0.490 e. The van der Waals surface area contributed by atoms with Crippen LogP contribution >= 0.6 is 11.6 Å². The van der Waals surface area contributed by atoms with Crippen molar-refractivity contribution in [1.82, 2.24) is 0 Å². The molecule has 2 rings (SSSR count). The molecule has 0 saturated carbocycles. The molecule has 2 aromatic carbocycles. The monoisotopic (exact) mass is 389 g/mol. The molecule has 0 aliphatic carbocycles. The van der Waals surface area contributed by atoms with Crippen molar-refractivity contribution in [2.75, 3.05) is 18.5 Å². The van der Waals surface area contributed by atoms with Crippen LogP contribution in [0.25, 0.3) is 6.08 Å². The van der Waals surface area contributed by atoms with Gasteiger partial charge in [0.05, 0.1) is 5.69 Å². The zero-order valence-electron chi connectivity index (χ0n) is 14.3. The first-order valence-electron chi connectivity index (χ1n) is 7.91. The van der Waals surface area contributed by atoms with E-state index < -0.39 is 24.3 Å². The van der Waals surface area contributed by atoms with Gasteiger partial charge in [0.25, 0.3) is 5.91 Å². The number of nitrogens with one attached hydrogen (secondary N) is 1. The van der Waals surface area contributed by atoms with E-state index in [0.717, 1.165) is 11.6 Å². The molecule has 0 saturated heterocycles. The van der Waals surface area contributed by atoms with E-state index in [4.69, 9.17) is 21.1 Å². The van der Waals surface area contributed by atoms with Gasteiger partial charge in [-0.1, -0.05) is 36.4 Å². The molecule has 5 nitrogen and oxygen atoms in total. The lowest BCUT2D eigenvalue weighted by Gasteiger charge is -2.07. The van der Waals surface area contributed by atoms with Crippen LogP contribution in [0.5, 0.6) is 5.75 Å². The molecule has 0 aliphatic heterocycles. The fourth-order valence-corrected chi connectivity index (χ4v) is 2.13. The Morgan fingerprint density at radius 3 is 2.63 bits per heavy atom. The maximum absolute atomic E-state index is 13.5. The summed E-state index contributed by atoms with van der Waals surface area (Å²) < 4.78 is 23.7. The molecule has 0 bridgehead atoms. The summed E-state index contributed by atoms with van der Waals surface area (Å²) in [7, 11) is 0. The minimum absolute atomic E-state index is 0.0853. The number of halogens is 2. The molecule has 0 spiro atoms. The van der Waals surface area contributed by atoms with Crippen molar-refractivity contribution in [3.63, 3.8) is 0 Å². The molecule has 0 aromatic heterocycles. The van der Waals surface area contributed by atoms with Crippen LogP contribution in [0.1, 0.15) is 5.56 Å². The van der Waals surface area contributed by atoms with Crippen molar-refractivity contribution in [2.45, 2.75) is 0 Å². The molecule has 0 unspecified atom stereocenters. The summed E-state index contributed by atoms with van der Waals surface area (Å²) in [6.07, 6.45) is 4.36. The zero-order valence-corrected chi connectivity index (χ0v) is 15.0. The highest BCUT2D eigenvalue weighted by Crippen LogP contribution is 2.19. The van der Waals surface area contributed by atoms with Gasteiger partial charge >= 0.3 is 5.97 Å². The van der Waals surface area contributed by atoms with Crippen molar-refractivity contribution in [1.29, 1.82) is 0 Å². The van der Waals surface area contributed by atoms with E-state index in [1.807, 2.05) is 0 Å². The average molecular weight is 390 g/mol. The summed E-state index contributed by atoms with van der Waals surface area (Å²) in [5.74, 6) is -1.34. The summed E-state index contributed by atoms with van der Waals surface area (Å²) in [5, 5.41) is 2.55. The quantitative estimate of drug-likeness (QED) is 0.416. The number of amides is 1. The summed E-state index contributed by atoms with van der Waals surface area (Å²) >= 11 is 5.74. The minimum atomic E-state index is -0.705. The normalized spacial score (nSPS) is 10.4. The third kappa shape index (κ3) is 6.95. The van der Waals surface area contributed by atoms with Gasteiger partial charge in [-0.2, -0.15) is 0 Å². The van der Waals surface area contributed by atoms with Crippen LogP contribution in [-0.2, 0) is 14.3 Å². The van der Waals surface area contributed by atoms with Gasteiger partial charge < -0.3 is 14.8 Å². The molecule has 0 radical (unpaired) electrons. The van der Waals surface area contributed by atoms with Crippen molar-refractivity contribution in [2.24, 2.45) is 0 Å². The fraction of sp³-hybridized carbons (Fsp3) is 0.100. The van der Waals surface area contributed by atoms with Gasteiger partial charge in [-0.05, 0) is 42.0 Å². The standard InChI is InChI=1S/C20H17ClFNO4/c1-2-11-26-16-7-3-14(4-8-16)5-10-20(25)27-13-19(24)23-18-12-15(21)6-9-17(18)22/h2-10,12H,1,11,13H2,(H,23,24)/b10-5+. The Morgan fingerprint density at radius 2 is 1.93 bits per heavy atom. The van der Waals surface area contributed by atoms with Gasteiger partial charge in [-0.15, -0.1) is 0 Å². The highest BCUT2D eigenvalue weighted by molar-refractivity contribution is 6.30. The lowest BCUT2D eigenvalue weighted by molar-refractivity contribution is -0.142. The third-order valence-electron chi connectivity index (χ3n) is 3.21. The molecule has 0 heterocycles. The second kappa shape index (κ2) is 10.1. The maximum Gasteiger partial charge on any atom is 0.331 e. The van der Waals surface area contributed by atoms with Crippen LogP contribution in [0.3, 0.4) is 0 Å². The number of hydrogen-bond donors (Lipinski definition) is 1. The molecule has 2 aromatic rings. The van der Waals surface area contributed by atoms with Crippen molar-refractivity contribution < 1.29 is 23.5 Å². The van der Waals surface area contributed by atoms with Crippen LogP contribution in [0.2, 0.25) is 5.02 Å². The second-order valence-corrected chi connectivity index (χ2v) is 5.72. The fourth-order valence-electron chi connectivity index (χ4n) is 1.96. The van der Waals surface area contributed by atoms with E-state index in [-0.39, 0.29) is 10.7 Å². The summed E-state index contributed by atoms with van der Waals surface area (Å²) in [4.78, 5) is 23.4. The summed E-state index contributed by atoms with van der Waals surface area (Å²) in [5.41, 5.74) is 0.668. The van der Waals surface area contributed by atoms with Gasteiger partial charge in [0.1, 0.15) is 18.2 Å². The Hall–Kier alpha value is -3.12. The number of esters is 1. The average Bonchev–Trinajstić information content (AvgIpc) is 2.66. The number of ether oxygens (including phenoxy) is 2. The first-order valence-corrected chi connectivity index (χ1v) is 8.29. The van der Waals surface area contributed by atoms with Crippen LogP contribution in [0.15, 0.2) is 61.2 Å². The summed E-state index contributed by atoms with van der Waals surface area (Å²) in [6.45, 7) is 3.42. The highest BCUT2D eigenvalue weighted by Gasteiger charge is 2.09. The molecule has 1 amide bonds. The molecule has 0 aliphatic rings. The van der Waals surface area contributed by atoms with Crippen molar-refractivity contribution in [3.05, 3.63) is 77.6 Å². The Balaban J connectivity index is 1.81. The van der Waals surface area contributed by atoms with Crippen molar-refractivity contribution >= 4 is 35.2 Å². The highest BCUT2D eigenvalue weighted by atomic mass is 35.5. The zero-order chi connectivity index (χ0) is 19.6. The van der Waals surface area contributed by atoms with Gasteiger partial charge in [-0.3, -0.25) is 4.79 Å². The van der Waals surface area contributed by atoms with E-state index in [1.165, 1.54) is 24.3 Å². The van der Waals surface area contributed by atoms with Gasteiger partial charge in [0, 0.05) is 11.1 Å². The van der Waals surface area contributed by atoms with Gasteiger partial charge in [-0.25, -0.2) is 9.18 Å². The van der Waals surface area contributed by atoms with Gasteiger partial charge in [0.15, 0.2) is 6.61 Å². The Bertz CT molecular complexity index is 850. The first kappa shape index (κ1) is 20.2. The SMILES string of the molecule is C=CCOc1ccc(/C=C/C(=O)OCC(=O)Nc2cc(Cl)ccc2F)cc1. The van der Waals surface area contributed by atoms with E-state index in [9.17, 15) is 14.0 Å². The van der Waals surface area contributed by atoms with E-state index in [1.54, 1.807) is 30.3 Å². The molecule has 140 valence electrons. The predicted octanol–water partition coefficient (Wildman–Crippen LogP) is 4.24. The second-order valence-electron chi connectivity index (χ2n) is 5.28. The third-order valence-corrected chi connectivity index (χ3v) is 3.44. The maximum atomic E-state index is 13.5. The first-order chi connectivity index (χ1) is 13.0. The van der Waals surface area contributed by atoms with Crippen LogP contribution in [-0.4, -0.2) is 25.1 Å². The number of carbonyl (C=O) groups excluding carboxylic acids is 2. The number of anilines is 1. The molecule has 0 fully saturated rings. The van der Waals surface area contributed by atoms with Crippen LogP contribution in [0.4, 0.5) is 10.1 Å². The van der Waals surface area contributed by atoms with E-state index >= 15 is 0 Å². The Kier molecular flexibility index (Phi) is 7.58. The van der Waals surface area contributed by atoms with Crippen LogP contribution < -0.4 is 10.1 Å². The largest absolute Gasteiger partial charge is 0.490 e. The summed E-state index contributed by atoms with van der Waals surface area (Å²) in [6, 6.07) is 10.8. The smallest absolute Gasteiger partial charge is 0.331 e. The number of rotatable bonds is 8. The van der Waals surface area contributed by atoms with E-state index in [2.05, 4.69) is 11.9 Å². The Labute approximate surface area is 161 Å². The van der Waals surface area contributed by atoms with E-state index in [0.29, 0.717) is 12.4 Å². The van der Waals surface area contributed by atoms with Crippen molar-refractivity contribution in [3.8, 4) is 5.75 Å². The number of hydrogen-bond acceptors (Lipinski definition) is 4. The molecule has 1 N–H and O–H groups in total. The molecular weight excluding hydrogens is 373 g/mol. The van der Waals surface area contributed by atoms with Gasteiger partial charge in [0.2, 0.25) is 0 Å². The molecule has 7 heteroatoms. The lowest BCUT2D eigenvalue weighted by Crippen LogP contribution is -2.20. The Morgan fingerprint density at radius 1 is 1.19 bits per heavy atom. The lowest BCUT2D eigenvalue weighted by atomic mass is 10.2. The predicted molar refractivity (Wildman–Crippen MR) is 102 cm³/mol. The number of benzene rings is 2. The van der Waals surface area contributed by atoms with Crippen LogP contribution in [0, 0.1) is 5.82 Å². The molecule has 27 heavy (non-hydrogen) atoms. The topological polar surface area (TPSA) is 64.6 Å². The number of carbonyl (C=O) groups is 2. The molecular formula is C20H17ClFNO4.